The molecule has 0 aliphatic heterocycles. The third kappa shape index (κ3) is 4.41. The summed E-state index contributed by atoms with van der Waals surface area (Å²) < 4.78 is 34.1. The lowest BCUT2D eigenvalue weighted by atomic mass is 9.81. The molecule has 0 saturated carbocycles. The van der Waals surface area contributed by atoms with E-state index in [-0.39, 0.29) is 12.0 Å². The molecule has 21 heavy (non-hydrogen) atoms. The van der Waals surface area contributed by atoms with Crippen molar-refractivity contribution in [2.24, 2.45) is 5.41 Å². The molecule has 0 aromatic heterocycles. The van der Waals surface area contributed by atoms with E-state index in [1.54, 1.807) is 13.8 Å². The van der Waals surface area contributed by atoms with E-state index in [2.05, 4.69) is 0 Å². The van der Waals surface area contributed by atoms with E-state index >= 15 is 0 Å². The predicted molar refractivity (Wildman–Crippen MR) is 77.0 cm³/mol. The van der Waals surface area contributed by atoms with E-state index in [1.165, 1.54) is 33.1 Å². The van der Waals surface area contributed by atoms with Gasteiger partial charge in [0.2, 0.25) is 0 Å². The molecule has 1 rings (SSSR count). The van der Waals surface area contributed by atoms with Crippen molar-refractivity contribution in [1.29, 1.82) is 0 Å². The molecule has 1 aromatic carbocycles. The van der Waals surface area contributed by atoms with E-state index in [9.17, 15) is 13.6 Å². The van der Waals surface area contributed by atoms with Gasteiger partial charge in [0.15, 0.2) is 0 Å². The van der Waals surface area contributed by atoms with Gasteiger partial charge in [0.1, 0.15) is 5.75 Å². The number of aliphatic carboxylic acids is 1. The van der Waals surface area contributed by atoms with Crippen LogP contribution in [0.1, 0.15) is 43.4 Å². The normalized spacial score (nSPS) is 12.3. The quantitative estimate of drug-likeness (QED) is 0.852. The van der Waals surface area contributed by atoms with Crippen LogP contribution in [0.2, 0.25) is 0 Å². The standard InChI is InChI=1S/C16H22F2O3/c1-10-6-12(7-11(2)14(10)21-5)16(17,18)9-15(3,4)8-13(19)20/h6-7H,8-9H2,1-5H3,(H,19,20). The van der Waals surface area contributed by atoms with Crippen molar-refractivity contribution in [2.75, 3.05) is 7.11 Å². The summed E-state index contributed by atoms with van der Waals surface area (Å²) in [5, 5.41) is 8.81. The lowest BCUT2D eigenvalue weighted by Gasteiger charge is -2.29. The first-order valence-electron chi connectivity index (χ1n) is 6.74. The van der Waals surface area contributed by atoms with Crippen molar-refractivity contribution >= 4 is 5.97 Å². The van der Waals surface area contributed by atoms with Crippen molar-refractivity contribution in [2.45, 2.75) is 46.5 Å². The molecule has 1 aromatic rings. The predicted octanol–water partition coefficient (Wildman–Crippen LogP) is 4.29. The Morgan fingerprint density at radius 1 is 1.24 bits per heavy atom. The third-order valence-corrected chi connectivity index (χ3v) is 3.42. The number of carbonyl (C=O) groups is 1. The van der Waals surface area contributed by atoms with Crippen LogP contribution in [0, 0.1) is 19.3 Å². The summed E-state index contributed by atoms with van der Waals surface area (Å²) in [6, 6.07) is 2.81. The van der Waals surface area contributed by atoms with Gasteiger partial charge < -0.3 is 9.84 Å². The van der Waals surface area contributed by atoms with Crippen LogP contribution >= 0.6 is 0 Å². The van der Waals surface area contributed by atoms with E-state index in [1.807, 2.05) is 0 Å². The van der Waals surface area contributed by atoms with Crippen LogP contribution in [0.5, 0.6) is 5.75 Å². The Morgan fingerprint density at radius 2 is 1.71 bits per heavy atom. The zero-order valence-corrected chi connectivity index (χ0v) is 13.1. The Hall–Kier alpha value is -1.65. The van der Waals surface area contributed by atoms with E-state index in [4.69, 9.17) is 9.84 Å². The van der Waals surface area contributed by atoms with E-state index in [0.29, 0.717) is 16.9 Å². The minimum absolute atomic E-state index is 0.100. The minimum Gasteiger partial charge on any atom is -0.496 e. The van der Waals surface area contributed by atoms with E-state index in [0.717, 1.165) is 0 Å². The van der Waals surface area contributed by atoms with Crippen LogP contribution in [0.15, 0.2) is 12.1 Å². The highest BCUT2D eigenvalue weighted by Gasteiger charge is 2.39. The molecule has 0 saturated heterocycles. The van der Waals surface area contributed by atoms with Gasteiger partial charge in [-0.05, 0) is 42.5 Å². The second-order valence-corrected chi connectivity index (χ2v) is 6.26. The summed E-state index contributed by atoms with van der Waals surface area (Å²) >= 11 is 0. The van der Waals surface area contributed by atoms with Gasteiger partial charge in [0, 0.05) is 12.0 Å². The first-order chi connectivity index (χ1) is 9.48. The van der Waals surface area contributed by atoms with Crippen molar-refractivity contribution in [1.82, 2.24) is 0 Å². The minimum atomic E-state index is -3.08. The van der Waals surface area contributed by atoms with E-state index < -0.39 is 23.7 Å². The molecular formula is C16H22F2O3. The number of rotatable bonds is 6. The van der Waals surface area contributed by atoms with Gasteiger partial charge in [-0.25, -0.2) is 8.78 Å². The van der Waals surface area contributed by atoms with Gasteiger partial charge in [-0.2, -0.15) is 0 Å². The molecule has 0 unspecified atom stereocenters. The largest absolute Gasteiger partial charge is 0.496 e. The number of carboxylic acid groups (broad SMARTS) is 1. The molecule has 5 heteroatoms. The van der Waals surface area contributed by atoms with Crippen LogP contribution in [0.4, 0.5) is 8.78 Å². The number of halogens is 2. The fourth-order valence-corrected chi connectivity index (χ4v) is 2.66. The van der Waals surface area contributed by atoms with Crippen LogP contribution in [-0.4, -0.2) is 18.2 Å². The van der Waals surface area contributed by atoms with Crippen molar-refractivity contribution in [3.8, 4) is 5.75 Å². The Balaban J connectivity index is 3.11. The molecule has 0 radical (unpaired) electrons. The summed E-state index contributed by atoms with van der Waals surface area (Å²) in [6.07, 6.45) is -0.811. The summed E-state index contributed by atoms with van der Waals surface area (Å²) in [5.74, 6) is -3.56. The van der Waals surface area contributed by atoms with Gasteiger partial charge >= 0.3 is 5.97 Å². The Morgan fingerprint density at radius 3 is 2.10 bits per heavy atom. The molecule has 0 bridgehead atoms. The first kappa shape index (κ1) is 17.4. The molecule has 0 aliphatic carbocycles. The fraction of sp³-hybridized carbons (Fsp3) is 0.562. The van der Waals surface area contributed by atoms with Gasteiger partial charge in [0.05, 0.1) is 13.5 Å². The third-order valence-electron chi connectivity index (χ3n) is 3.42. The Bertz CT molecular complexity index is 513. The van der Waals surface area contributed by atoms with Gasteiger partial charge in [-0.15, -0.1) is 0 Å². The molecule has 0 spiro atoms. The maximum absolute atomic E-state index is 14.5. The zero-order valence-electron chi connectivity index (χ0n) is 13.1. The van der Waals surface area contributed by atoms with Gasteiger partial charge in [-0.3, -0.25) is 4.79 Å². The topological polar surface area (TPSA) is 46.5 Å². The van der Waals surface area contributed by atoms with Gasteiger partial charge in [0.25, 0.3) is 5.92 Å². The van der Waals surface area contributed by atoms with Crippen molar-refractivity contribution in [3.63, 3.8) is 0 Å². The molecule has 0 aliphatic rings. The monoisotopic (exact) mass is 300 g/mol. The fourth-order valence-electron chi connectivity index (χ4n) is 2.66. The average molecular weight is 300 g/mol. The number of hydrogen-bond acceptors (Lipinski definition) is 2. The Kier molecular flexibility index (Phi) is 4.97. The van der Waals surface area contributed by atoms with Crippen LogP contribution in [-0.2, 0) is 10.7 Å². The molecule has 1 N–H and O–H groups in total. The molecule has 0 amide bonds. The summed E-state index contributed by atoms with van der Waals surface area (Å²) in [6.45, 7) is 6.51. The number of aryl methyl sites for hydroxylation is 2. The van der Waals surface area contributed by atoms with Crippen molar-refractivity contribution in [3.05, 3.63) is 28.8 Å². The number of methoxy groups -OCH3 is 1. The average Bonchev–Trinajstić information content (AvgIpc) is 2.24. The maximum atomic E-state index is 14.5. The molecule has 0 heterocycles. The second-order valence-electron chi connectivity index (χ2n) is 6.26. The maximum Gasteiger partial charge on any atom is 0.303 e. The molecule has 118 valence electrons. The first-order valence-corrected chi connectivity index (χ1v) is 6.74. The van der Waals surface area contributed by atoms with Crippen LogP contribution < -0.4 is 4.74 Å². The molecule has 0 fully saturated rings. The summed E-state index contributed by atoms with van der Waals surface area (Å²) in [4.78, 5) is 10.8. The smallest absolute Gasteiger partial charge is 0.303 e. The Labute approximate surface area is 123 Å². The number of carboxylic acids is 1. The van der Waals surface area contributed by atoms with Crippen LogP contribution in [0.3, 0.4) is 0 Å². The second kappa shape index (κ2) is 6.00. The number of ether oxygens (including phenoxy) is 1. The number of benzene rings is 1. The lowest BCUT2D eigenvalue weighted by Crippen LogP contribution is -2.27. The highest BCUT2D eigenvalue weighted by Crippen LogP contribution is 2.43. The molecular weight excluding hydrogens is 278 g/mol. The summed E-state index contributed by atoms with van der Waals surface area (Å²) in [5.41, 5.74) is 0.194. The highest BCUT2D eigenvalue weighted by atomic mass is 19.3. The number of alkyl halides is 2. The molecule has 3 nitrogen and oxygen atoms in total. The zero-order chi connectivity index (χ0) is 16.4. The molecule has 0 atom stereocenters. The van der Waals surface area contributed by atoms with Gasteiger partial charge in [-0.1, -0.05) is 13.8 Å². The summed E-state index contributed by atoms with van der Waals surface area (Å²) in [7, 11) is 1.50. The van der Waals surface area contributed by atoms with Crippen LogP contribution in [0.25, 0.3) is 0 Å². The highest BCUT2D eigenvalue weighted by molar-refractivity contribution is 5.67. The lowest BCUT2D eigenvalue weighted by molar-refractivity contribution is -0.140. The SMILES string of the molecule is COc1c(C)cc(C(F)(F)CC(C)(C)CC(=O)O)cc1C. The number of hydrogen-bond donors (Lipinski definition) is 1. The van der Waals surface area contributed by atoms with Crippen molar-refractivity contribution < 1.29 is 23.4 Å².